The van der Waals surface area contributed by atoms with Crippen molar-refractivity contribution in [2.75, 3.05) is 16.0 Å². The molecule has 0 aliphatic carbocycles. The summed E-state index contributed by atoms with van der Waals surface area (Å²) < 4.78 is 0. The third-order valence-corrected chi connectivity index (χ3v) is 3.74. The van der Waals surface area contributed by atoms with Gasteiger partial charge < -0.3 is 21.1 Å². The number of carboxylic acids is 1. The topological polar surface area (TPSA) is 116 Å². The largest absolute Gasteiger partial charge is 0.478 e. The molecule has 0 aliphatic heterocycles. The molecular formula is C20H19N5O3. The van der Waals surface area contributed by atoms with Gasteiger partial charge in [0.05, 0.1) is 11.3 Å². The molecule has 8 heteroatoms. The molecule has 28 heavy (non-hydrogen) atoms. The molecule has 1 aromatic heterocycles. The highest BCUT2D eigenvalue weighted by molar-refractivity contribution is 5.95. The van der Waals surface area contributed by atoms with Gasteiger partial charge in [0.15, 0.2) is 0 Å². The van der Waals surface area contributed by atoms with Crippen LogP contribution in [0.1, 0.15) is 23.0 Å². The number of nitrogens with one attached hydrogen (secondary N) is 3. The second-order valence-corrected chi connectivity index (χ2v) is 6.08. The molecule has 0 radical (unpaired) electrons. The predicted molar refractivity (Wildman–Crippen MR) is 107 cm³/mol. The lowest BCUT2D eigenvalue weighted by molar-refractivity contribution is -0.114. The van der Waals surface area contributed by atoms with E-state index >= 15 is 0 Å². The van der Waals surface area contributed by atoms with E-state index in [9.17, 15) is 14.7 Å². The number of carbonyl (C=O) groups excluding carboxylic acids is 1. The van der Waals surface area contributed by atoms with E-state index in [1.807, 2.05) is 6.92 Å². The quantitative estimate of drug-likeness (QED) is 0.514. The minimum Gasteiger partial charge on any atom is -0.478 e. The molecule has 0 bridgehead atoms. The lowest BCUT2D eigenvalue weighted by atomic mass is 10.2. The van der Waals surface area contributed by atoms with Gasteiger partial charge in [-0.15, -0.1) is 0 Å². The SMILES string of the molecule is CC(=O)Nc1ccc(Nc2nc(C)cc(Nc3ccccc3C(=O)O)n2)cc1. The molecule has 1 heterocycles. The van der Waals surface area contributed by atoms with E-state index in [-0.39, 0.29) is 11.5 Å². The number of rotatable bonds is 6. The van der Waals surface area contributed by atoms with Crippen LogP contribution in [0.5, 0.6) is 0 Å². The summed E-state index contributed by atoms with van der Waals surface area (Å²) in [5.74, 6) is -0.326. The van der Waals surface area contributed by atoms with Crippen molar-refractivity contribution in [3.05, 3.63) is 65.9 Å². The van der Waals surface area contributed by atoms with Gasteiger partial charge in [0.25, 0.3) is 0 Å². The number of hydrogen-bond acceptors (Lipinski definition) is 6. The molecule has 0 aliphatic rings. The van der Waals surface area contributed by atoms with Crippen molar-refractivity contribution >= 4 is 40.7 Å². The molecule has 0 spiro atoms. The van der Waals surface area contributed by atoms with Crippen molar-refractivity contribution in [1.29, 1.82) is 0 Å². The number of carboxylic acid groups (broad SMARTS) is 1. The smallest absolute Gasteiger partial charge is 0.337 e. The van der Waals surface area contributed by atoms with Gasteiger partial charge >= 0.3 is 5.97 Å². The molecule has 4 N–H and O–H groups in total. The van der Waals surface area contributed by atoms with Crippen LogP contribution in [0.2, 0.25) is 0 Å². The van der Waals surface area contributed by atoms with Gasteiger partial charge in [0.2, 0.25) is 11.9 Å². The third-order valence-electron chi connectivity index (χ3n) is 3.74. The zero-order valence-corrected chi connectivity index (χ0v) is 15.4. The van der Waals surface area contributed by atoms with Crippen LogP contribution in [-0.4, -0.2) is 27.0 Å². The van der Waals surface area contributed by atoms with E-state index in [2.05, 4.69) is 25.9 Å². The summed E-state index contributed by atoms with van der Waals surface area (Å²) in [7, 11) is 0. The summed E-state index contributed by atoms with van der Waals surface area (Å²) in [5.41, 5.74) is 2.75. The maximum absolute atomic E-state index is 11.4. The van der Waals surface area contributed by atoms with Crippen molar-refractivity contribution < 1.29 is 14.7 Å². The monoisotopic (exact) mass is 377 g/mol. The highest BCUT2D eigenvalue weighted by atomic mass is 16.4. The van der Waals surface area contributed by atoms with E-state index in [1.54, 1.807) is 48.5 Å². The molecule has 0 saturated carbocycles. The molecule has 2 aromatic carbocycles. The Balaban J connectivity index is 1.80. The number of aromatic carboxylic acids is 1. The molecule has 3 aromatic rings. The van der Waals surface area contributed by atoms with Crippen molar-refractivity contribution in [2.45, 2.75) is 13.8 Å². The number of amides is 1. The van der Waals surface area contributed by atoms with E-state index in [1.165, 1.54) is 13.0 Å². The van der Waals surface area contributed by atoms with Gasteiger partial charge in [-0.2, -0.15) is 4.98 Å². The molecule has 3 rings (SSSR count). The molecule has 0 unspecified atom stereocenters. The summed E-state index contributed by atoms with van der Waals surface area (Å²) in [6.07, 6.45) is 0. The summed E-state index contributed by atoms with van der Waals surface area (Å²) in [6.45, 7) is 3.27. The van der Waals surface area contributed by atoms with Crippen molar-refractivity contribution in [1.82, 2.24) is 9.97 Å². The van der Waals surface area contributed by atoms with Crippen LogP contribution in [0, 0.1) is 6.92 Å². The average Bonchev–Trinajstić information content (AvgIpc) is 2.63. The van der Waals surface area contributed by atoms with Crippen LogP contribution in [0.15, 0.2) is 54.6 Å². The minimum absolute atomic E-state index is 0.139. The van der Waals surface area contributed by atoms with Gasteiger partial charge in [0.1, 0.15) is 5.82 Å². The average molecular weight is 377 g/mol. The van der Waals surface area contributed by atoms with Gasteiger partial charge in [0, 0.05) is 30.1 Å². The second-order valence-electron chi connectivity index (χ2n) is 6.08. The Morgan fingerprint density at radius 3 is 2.29 bits per heavy atom. The number of para-hydroxylation sites is 1. The summed E-state index contributed by atoms with van der Waals surface area (Å²) >= 11 is 0. The predicted octanol–water partition coefficient (Wildman–Crippen LogP) is 3.93. The normalized spacial score (nSPS) is 10.2. The number of benzene rings is 2. The highest BCUT2D eigenvalue weighted by Crippen LogP contribution is 2.22. The first kappa shape index (κ1) is 18.8. The number of anilines is 5. The maximum Gasteiger partial charge on any atom is 0.337 e. The Hall–Kier alpha value is -3.94. The lowest BCUT2D eigenvalue weighted by Crippen LogP contribution is -2.06. The van der Waals surface area contributed by atoms with E-state index in [0.29, 0.717) is 28.8 Å². The van der Waals surface area contributed by atoms with Crippen LogP contribution in [0.25, 0.3) is 0 Å². The summed E-state index contributed by atoms with van der Waals surface area (Å²) in [5, 5.41) is 18.1. The number of hydrogen-bond donors (Lipinski definition) is 4. The van der Waals surface area contributed by atoms with Crippen molar-refractivity contribution in [3.8, 4) is 0 Å². The second kappa shape index (κ2) is 8.17. The molecule has 0 fully saturated rings. The third kappa shape index (κ3) is 4.82. The van der Waals surface area contributed by atoms with Crippen LogP contribution in [-0.2, 0) is 4.79 Å². The molecule has 0 saturated heterocycles. The molecule has 0 atom stereocenters. The molecular weight excluding hydrogens is 358 g/mol. The first-order valence-corrected chi connectivity index (χ1v) is 8.50. The minimum atomic E-state index is -1.02. The van der Waals surface area contributed by atoms with Crippen molar-refractivity contribution in [3.63, 3.8) is 0 Å². The van der Waals surface area contributed by atoms with Gasteiger partial charge in [-0.3, -0.25) is 4.79 Å². The van der Waals surface area contributed by atoms with Crippen LogP contribution < -0.4 is 16.0 Å². The van der Waals surface area contributed by atoms with Crippen LogP contribution in [0.4, 0.5) is 28.8 Å². The fraction of sp³-hybridized carbons (Fsp3) is 0.100. The first-order valence-electron chi connectivity index (χ1n) is 8.50. The van der Waals surface area contributed by atoms with E-state index in [4.69, 9.17) is 0 Å². The molecule has 8 nitrogen and oxygen atoms in total. The van der Waals surface area contributed by atoms with Gasteiger partial charge in [-0.25, -0.2) is 9.78 Å². The standard InChI is InChI=1S/C20H19N5O3/c1-12-11-18(24-17-6-4-3-5-16(17)19(27)28)25-20(21-12)23-15-9-7-14(8-10-15)22-13(2)26/h3-11H,1-2H3,(H,22,26)(H,27,28)(H2,21,23,24,25). The zero-order valence-electron chi connectivity index (χ0n) is 15.4. The summed E-state index contributed by atoms with van der Waals surface area (Å²) in [6, 6.07) is 15.5. The van der Waals surface area contributed by atoms with Gasteiger partial charge in [-0.05, 0) is 43.3 Å². The first-order chi connectivity index (χ1) is 13.4. The summed E-state index contributed by atoms with van der Waals surface area (Å²) in [4.78, 5) is 31.2. The Bertz CT molecular complexity index is 1020. The Morgan fingerprint density at radius 1 is 0.929 bits per heavy atom. The fourth-order valence-corrected chi connectivity index (χ4v) is 2.57. The lowest BCUT2D eigenvalue weighted by Gasteiger charge is -2.12. The van der Waals surface area contributed by atoms with Crippen molar-refractivity contribution in [2.24, 2.45) is 0 Å². The Morgan fingerprint density at radius 2 is 1.61 bits per heavy atom. The van der Waals surface area contributed by atoms with E-state index in [0.717, 1.165) is 5.69 Å². The number of carbonyl (C=O) groups is 2. The van der Waals surface area contributed by atoms with Crippen LogP contribution in [0.3, 0.4) is 0 Å². The van der Waals surface area contributed by atoms with Crippen LogP contribution >= 0.6 is 0 Å². The number of nitrogens with zero attached hydrogens (tertiary/aromatic N) is 2. The Labute approximate surface area is 161 Å². The maximum atomic E-state index is 11.4. The number of aromatic nitrogens is 2. The molecule has 142 valence electrons. The molecule has 1 amide bonds. The highest BCUT2D eigenvalue weighted by Gasteiger charge is 2.11. The number of aryl methyl sites for hydroxylation is 1. The Kier molecular flexibility index (Phi) is 5.50. The van der Waals surface area contributed by atoms with Gasteiger partial charge in [-0.1, -0.05) is 12.1 Å². The van der Waals surface area contributed by atoms with E-state index < -0.39 is 5.97 Å². The fourth-order valence-electron chi connectivity index (χ4n) is 2.57. The zero-order chi connectivity index (χ0) is 20.1.